The first-order valence-electron chi connectivity index (χ1n) is 8.15. The summed E-state index contributed by atoms with van der Waals surface area (Å²) in [7, 11) is 0. The number of thioether (sulfide) groups is 1. The van der Waals surface area contributed by atoms with Gasteiger partial charge < -0.3 is 9.73 Å². The van der Waals surface area contributed by atoms with Crippen LogP contribution in [0.3, 0.4) is 0 Å². The topological polar surface area (TPSA) is 72.4 Å². The summed E-state index contributed by atoms with van der Waals surface area (Å²) in [5.41, 5.74) is 1.53. The van der Waals surface area contributed by atoms with Crippen LogP contribution in [0.15, 0.2) is 52.1 Å². The first-order chi connectivity index (χ1) is 13.3. The second-order valence-corrected chi connectivity index (χ2v) is 6.97. The Morgan fingerprint density at radius 3 is 2.82 bits per heavy atom. The van der Waals surface area contributed by atoms with Crippen LogP contribution in [0.1, 0.15) is 11.4 Å². The molecule has 1 amide bonds. The molecule has 3 heterocycles. The summed E-state index contributed by atoms with van der Waals surface area (Å²) in [6.45, 7) is 1.81. The lowest BCUT2D eigenvalue weighted by Gasteiger charge is -2.10. The zero-order valence-corrected chi connectivity index (χ0v) is 15.3. The first-order valence-corrected chi connectivity index (χ1v) is 9.13. The number of aryl methyl sites for hydroxylation is 1. The van der Waals surface area contributed by atoms with Crippen LogP contribution in [0.4, 0.5) is 18.9 Å². The number of nitrogens with zero attached hydrogens (tertiary/aromatic N) is 3. The van der Waals surface area contributed by atoms with E-state index in [1.54, 1.807) is 13.2 Å². The molecule has 0 bridgehead atoms. The summed E-state index contributed by atoms with van der Waals surface area (Å²) in [5.74, 6) is 0.195. The molecular weight excluding hydrogens is 393 g/mol. The second kappa shape index (κ2) is 6.86. The highest BCUT2D eigenvalue weighted by Gasteiger charge is 2.30. The zero-order valence-electron chi connectivity index (χ0n) is 14.4. The van der Waals surface area contributed by atoms with E-state index >= 15 is 0 Å². The standard InChI is InChI=1S/C18H13F3N4O2S/c1-10-23-24-17(14-8-15-13(25(10)14)5-6-27-15)28-9-16(26)22-12-4-2-3-11(7-12)18(19,20)21/h2-8H,9H2,1H3,(H,22,26). The van der Waals surface area contributed by atoms with Crippen LogP contribution in [-0.4, -0.2) is 26.3 Å². The highest BCUT2D eigenvalue weighted by Crippen LogP contribution is 2.31. The number of fused-ring (bicyclic) bond motifs is 3. The molecule has 0 spiro atoms. The number of anilines is 1. The smallest absolute Gasteiger partial charge is 0.416 e. The monoisotopic (exact) mass is 406 g/mol. The molecular formula is C18H13F3N4O2S. The van der Waals surface area contributed by atoms with E-state index in [1.165, 1.54) is 12.1 Å². The van der Waals surface area contributed by atoms with Gasteiger partial charge in [-0.3, -0.25) is 9.20 Å². The fourth-order valence-corrected chi connectivity index (χ4v) is 3.59. The van der Waals surface area contributed by atoms with Crippen molar-refractivity contribution in [3.8, 4) is 0 Å². The molecule has 0 fully saturated rings. The van der Waals surface area contributed by atoms with Crippen molar-refractivity contribution in [2.24, 2.45) is 0 Å². The molecule has 0 aliphatic carbocycles. The van der Waals surface area contributed by atoms with Gasteiger partial charge in [-0.1, -0.05) is 17.8 Å². The van der Waals surface area contributed by atoms with Crippen LogP contribution in [0.2, 0.25) is 0 Å². The third-order valence-electron chi connectivity index (χ3n) is 4.06. The van der Waals surface area contributed by atoms with Crippen molar-refractivity contribution in [3.05, 3.63) is 54.0 Å². The maximum atomic E-state index is 12.8. The van der Waals surface area contributed by atoms with E-state index in [-0.39, 0.29) is 11.4 Å². The molecule has 0 saturated heterocycles. The van der Waals surface area contributed by atoms with E-state index in [0.717, 1.165) is 34.9 Å². The van der Waals surface area contributed by atoms with Crippen molar-refractivity contribution in [2.75, 3.05) is 11.1 Å². The maximum absolute atomic E-state index is 12.8. The van der Waals surface area contributed by atoms with Crippen molar-refractivity contribution in [1.82, 2.24) is 14.6 Å². The number of hydrogen-bond acceptors (Lipinski definition) is 5. The number of rotatable bonds is 4. The van der Waals surface area contributed by atoms with Gasteiger partial charge in [0.15, 0.2) is 5.58 Å². The Morgan fingerprint density at radius 1 is 1.21 bits per heavy atom. The molecule has 4 aromatic rings. The molecule has 0 unspecified atom stereocenters. The zero-order chi connectivity index (χ0) is 19.9. The van der Waals surface area contributed by atoms with Gasteiger partial charge in [0.2, 0.25) is 5.91 Å². The predicted octanol–water partition coefficient (Wildman–Crippen LogP) is 4.53. The number of carbonyl (C=O) groups is 1. The number of alkyl halides is 3. The van der Waals surface area contributed by atoms with Gasteiger partial charge in [0, 0.05) is 17.8 Å². The lowest BCUT2D eigenvalue weighted by atomic mass is 10.2. The van der Waals surface area contributed by atoms with Gasteiger partial charge in [0.1, 0.15) is 10.9 Å². The molecule has 28 heavy (non-hydrogen) atoms. The Morgan fingerprint density at radius 2 is 2.04 bits per heavy atom. The normalized spacial score (nSPS) is 12.0. The van der Waals surface area contributed by atoms with Crippen molar-refractivity contribution in [3.63, 3.8) is 0 Å². The molecule has 0 aliphatic rings. The number of furan rings is 1. The van der Waals surface area contributed by atoms with E-state index in [2.05, 4.69) is 15.5 Å². The van der Waals surface area contributed by atoms with Gasteiger partial charge in [0.25, 0.3) is 0 Å². The van der Waals surface area contributed by atoms with Crippen LogP contribution in [0.5, 0.6) is 0 Å². The van der Waals surface area contributed by atoms with Crippen molar-refractivity contribution >= 4 is 40.0 Å². The molecule has 0 aliphatic heterocycles. The van der Waals surface area contributed by atoms with Crippen LogP contribution < -0.4 is 5.32 Å². The quantitative estimate of drug-likeness (QED) is 0.504. The number of benzene rings is 1. The Balaban J connectivity index is 1.51. The van der Waals surface area contributed by atoms with Crippen LogP contribution in [-0.2, 0) is 11.0 Å². The SMILES string of the molecule is Cc1nnc(SCC(=O)Nc2cccc(C(F)(F)F)c2)c2cc3occc3n12. The molecule has 0 radical (unpaired) electrons. The third kappa shape index (κ3) is 3.42. The summed E-state index contributed by atoms with van der Waals surface area (Å²) in [6, 6.07) is 8.12. The third-order valence-corrected chi connectivity index (χ3v) is 5.04. The van der Waals surface area contributed by atoms with Gasteiger partial charge in [-0.2, -0.15) is 13.2 Å². The Kier molecular flexibility index (Phi) is 4.50. The molecule has 3 aromatic heterocycles. The molecule has 1 aromatic carbocycles. The van der Waals surface area contributed by atoms with Crippen LogP contribution in [0.25, 0.3) is 16.6 Å². The summed E-state index contributed by atoms with van der Waals surface area (Å²) in [5, 5.41) is 11.2. The molecule has 0 atom stereocenters. The van der Waals surface area contributed by atoms with E-state index in [1.807, 2.05) is 16.5 Å². The average Bonchev–Trinajstić information content (AvgIpc) is 3.22. The van der Waals surface area contributed by atoms with E-state index < -0.39 is 17.6 Å². The molecule has 144 valence electrons. The largest absolute Gasteiger partial charge is 0.463 e. The van der Waals surface area contributed by atoms with Crippen molar-refractivity contribution in [2.45, 2.75) is 18.1 Å². The average molecular weight is 406 g/mol. The lowest BCUT2D eigenvalue weighted by molar-refractivity contribution is -0.137. The summed E-state index contributed by atoms with van der Waals surface area (Å²) in [6.07, 6.45) is -2.89. The van der Waals surface area contributed by atoms with Gasteiger partial charge in [-0.15, -0.1) is 10.2 Å². The van der Waals surface area contributed by atoms with Crippen molar-refractivity contribution < 1.29 is 22.4 Å². The van der Waals surface area contributed by atoms with Gasteiger partial charge in [-0.05, 0) is 25.1 Å². The van der Waals surface area contributed by atoms with Gasteiger partial charge >= 0.3 is 6.18 Å². The fraction of sp³-hybridized carbons (Fsp3) is 0.167. The van der Waals surface area contributed by atoms with Crippen LogP contribution in [0, 0.1) is 6.92 Å². The first kappa shape index (κ1) is 18.4. The summed E-state index contributed by atoms with van der Waals surface area (Å²) < 4.78 is 45.6. The number of halogens is 3. The van der Waals surface area contributed by atoms with E-state index in [9.17, 15) is 18.0 Å². The van der Waals surface area contributed by atoms with E-state index in [4.69, 9.17) is 4.42 Å². The summed E-state index contributed by atoms with van der Waals surface area (Å²) in [4.78, 5) is 12.2. The Labute approximate surface area is 160 Å². The minimum atomic E-state index is -4.47. The molecule has 4 rings (SSSR count). The Hall–Kier alpha value is -3.01. The minimum Gasteiger partial charge on any atom is -0.463 e. The number of amides is 1. The highest BCUT2D eigenvalue weighted by molar-refractivity contribution is 8.00. The molecule has 6 nitrogen and oxygen atoms in total. The number of aromatic nitrogens is 3. The maximum Gasteiger partial charge on any atom is 0.416 e. The van der Waals surface area contributed by atoms with Crippen molar-refractivity contribution in [1.29, 1.82) is 0 Å². The fourth-order valence-electron chi connectivity index (χ4n) is 2.85. The molecule has 0 saturated carbocycles. The number of carbonyl (C=O) groups excluding carboxylic acids is 1. The van der Waals surface area contributed by atoms with Crippen LogP contribution >= 0.6 is 11.8 Å². The number of nitrogens with one attached hydrogen (secondary N) is 1. The highest BCUT2D eigenvalue weighted by atomic mass is 32.2. The molecule has 1 N–H and O–H groups in total. The summed E-state index contributed by atoms with van der Waals surface area (Å²) >= 11 is 1.14. The minimum absolute atomic E-state index is 0.0316. The van der Waals surface area contributed by atoms with Gasteiger partial charge in [0.05, 0.1) is 28.6 Å². The number of hydrogen-bond donors (Lipinski definition) is 1. The van der Waals surface area contributed by atoms with Gasteiger partial charge in [-0.25, -0.2) is 0 Å². The predicted molar refractivity (Wildman–Crippen MR) is 98.3 cm³/mol. The lowest BCUT2D eigenvalue weighted by Crippen LogP contribution is -2.15. The second-order valence-electron chi connectivity index (χ2n) is 6.00. The van der Waals surface area contributed by atoms with E-state index in [0.29, 0.717) is 16.4 Å². The molecule has 10 heteroatoms. The Bertz CT molecular complexity index is 1180.